The largest absolute Gasteiger partial charge is 0.573 e. The molecule has 0 atom stereocenters. The van der Waals surface area contributed by atoms with Gasteiger partial charge in [0, 0.05) is 0 Å². The van der Waals surface area contributed by atoms with Gasteiger partial charge in [-0.3, -0.25) is 4.72 Å². The lowest BCUT2D eigenvalue weighted by Crippen LogP contribution is -2.19. The minimum atomic E-state index is -4.91. The topological polar surface area (TPSA) is 55.4 Å². The van der Waals surface area contributed by atoms with E-state index < -0.39 is 22.1 Å². The Balaban J connectivity index is 1.90. The van der Waals surface area contributed by atoms with Crippen molar-refractivity contribution in [1.82, 2.24) is 0 Å². The molecule has 4 nitrogen and oxygen atoms in total. The summed E-state index contributed by atoms with van der Waals surface area (Å²) in [6.07, 6.45) is -2.23. The second-order valence-electron chi connectivity index (χ2n) is 5.43. The Morgan fingerprint density at radius 3 is 2.46 bits per heavy atom. The molecule has 0 bridgehead atoms. The lowest BCUT2D eigenvalue weighted by atomic mass is 10.1. The van der Waals surface area contributed by atoms with Gasteiger partial charge in [0.1, 0.15) is 0 Å². The monoisotopic (exact) mass is 357 g/mol. The molecule has 0 unspecified atom stereocenters. The summed E-state index contributed by atoms with van der Waals surface area (Å²) in [4.78, 5) is 0.0185. The highest BCUT2D eigenvalue weighted by atomic mass is 32.2. The highest BCUT2D eigenvalue weighted by Gasteiger charge is 2.32. The van der Waals surface area contributed by atoms with Crippen LogP contribution in [0.1, 0.15) is 17.5 Å². The van der Waals surface area contributed by atoms with Gasteiger partial charge in [-0.1, -0.05) is 18.2 Å². The van der Waals surface area contributed by atoms with Gasteiger partial charge >= 0.3 is 6.36 Å². The summed E-state index contributed by atoms with van der Waals surface area (Å²) in [5.41, 5.74) is 1.79. The minimum Gasteiger partial charge on any atom is -0.404 e. The maximum absolute atomic E-state index is 12.5. The van der Waals surface area contributed by atoms with E-state index in [1.165, 1.54) is 24.3 Å². The van der Waals surface area contributed by atoms with Crippen molar-refractivity contribution in [1.29, 1.82) is 0 Å². The van der Waals surface area contributed by atoms with Crippen molar-refractivity contribution in [3.63, 3.8) is 0 Å². The van der Waals surface area contributed by atoms with Gasteiger partial charge in [0.05, 0.1) is 10.6 Å². The number of ether oxygens (including phenoxy) is 1. The van der Waals surface area contributed by atoms with Crippen molar-refractivity contribution in [2.24, 2.45) is 0 Å². The molecule has 3 rings (SSSR count). The fourth-order valence-electron chi connectivity index (χ4n) is 2.68. The zero-order valence-electron chi connectivity index (χ0n) is 12.4. The molecule has 1 aliphatic carbocycles. The van der Waals surface area contributed by atoms with Crippen LogP contribution in [0, 0.1) is 0 Å². The van der Waals surface area contributed by atoms with Crippen molar-refractivity contribution in [2.75, 3.05) is 4.72 Å². The zero-order chi connectivity index (χ0) is 17.4. The van der Waals surface area contributed by atoms with Crippen molar-refractivity contribution in [2.45, 2.75) is 30.5 Å². The zero-order valence-corrected chi connectivity index (χ0v) is 13.2. The first-order valence-corrected chi connectivity index (χ1v) is 8.72. The van der Waals surface area contributed by atoms with Crippen molar-refractivity contribution < 1.29 is 26.3 Å². The van der Waals surface area contributed by atoms with Gasteiger partial charge < -0.3 is 4.74 Å². The molecule has 0 aromatic heterocycles. The third-order valence-corrected chi connectivity index (χ3v) is 5.10. The van der Waals surface area contributed by atoms with Gasteiger partial charge in [-0.15, -0.1) is 13.2 Å². The fourth-order valence-corrected chi connectivity index (χ4v) is 3.80. The normalized spacial score (nSPS) is 14.3. The number of alkyl halides is 3. The Labute approximate surface area is 137 Å². The van der Waals surface area contributed by atoms with E-state index in [0.29, 0.717) is 0 Å². The molecule has 0 saturated heterocycles. The summed E-state index contributed by atoms with van der Waals surface area (Å²) < 4.78 is 68.3. The molecule has 0 radical (unpaired) electrons. The van der Waals surface area contributed by atoms with Crippen LogP contribution in [0.25, 0.3) is 0 Å². The van der Waals surface area contributed by atoms with E-state index in [-0.39, 0.29) is 10.6 Å². The van der Waals surface area contributed by atoms with Gasteiger partial charge in [0.25, 0.3) is 10.0 Å². The van der Waals surface area contributed by atoms with Crippen LogP contribution in [0.5, 0.6) is 5.75 Å². The first kappa shape index (κ1) is 16.6. The van der Waals surface area contributed by atoms with Gasteiger partial charge in [-0.25, -0.2) is 8.42 Å². The number of hydrogen-bond donors (Lipinski definition) is 1. The molecule has 0 saturated carbocycles. The molecule has 0 aliphatic heterocycles. The molecular formula is C16H14F3NO3S. The molecule has 1 aliphatic rings. The van der Waals surface area contributed by atoms with E-state index >= 15 is 0 Å². The quantitative estimate of drug-likeness (QED) is 0.904. The van der Waals surface area contributed by atoms with E-state index in [2.05, 4.69) is 9.46 Å². The first-order chi connectivity index (χ1) is 11.2. The van der Waals surface area contributed by atoms with Gasteiger partial charge in [-0.2, -0.15) is 0 Å². The van der Waals surface area contributed by atoms with Gasteiger partial charge in [0.15, 0.2) is 5.75 Å². The second-order valence-corrected chi connectivity index (χ2v) is 7.12. The van der Waals surface area contributed by atoms with Gasteiger partial charge in [-0.05, 0) is 54.7 Å². The van der Waals surface area contributed by atoms with E-state index in [9.17, 15) is 21.6 Å². The smallest absolute Gasteiger partial charge is 0.404 e. The number of para-hydroxylation sites is 2. The summed E-state index contributed by atoms with van der Waals surface area (Å²) in [5, 5.41) is 0. The Bertz CT molecular complexity index is 863. The number of hydrogen-bond acceptors (Lipinski definition) is 3. The maximum Gasteiger partial charge on any atom is 0.573 e. The highest BCUT2D eigenvalue weighted by Crippen LogP contribution is 2.32. The second kappa shape index (κ2) is 6.01. The Morgan fingerprint density at radius 2 is 1.71 bits per heavy atom. The molecule has 2 aromatic rings. The number of anilines is 1. The third kappa shape index (κ3) is 3.64. The summed E-state index contributed by atoms with van der Waals surface area (Å²) in [7, 11) is -4.01. The molecule has 1 N–H and O–H groups in total. The predicted molar refractivity (Wildman–Crippen MR) is 82.4 cm³/mol. The number of nitrogens with one attached hydrogen (secondary N) is 1. The lowest BCUT2D eigenvalue weighted by Gasteiger charge is -2.15. The number of benzene rings is 2. The third-order valence-electron chi connectivity index (χ3n) is 3.74. The average molecular weight is 357 g/mol. The van der Waals surface area contributed by atoms with Crippen LogP contribution in [0.3, 0.4) is 0 Å². The molecule has 0 amide bonds. The molecular weight excluding hydrogens is 343 g/mol. The number of sulfonamides is 1. The van der Waals surface area contributed by atoms with Gasteiger partial charge in [0.2, 0.25) is 0 Å². The van der Waals surface area contributed by atoms with Crippen molar-refractivity contribution >= 4 is 15.7 Å². The van der Waals surface area contributed by atoms with Crippen molar-refractivity contribution in [3.05, 3.63) is 53.6 Å². The highest BCUT2D eigenvalue weighted by molar-refractivity contribution is 7.92. The van der Waals surface area contributed by atoms with Crippen LogP contribution >= 0.6 is 0 Å². The standard InChI is InChI=1S/C16H14F3NO3S/c17-16(18,19)23-15-7-2-1-6-14(15)20-24(21,22)13-9-8-11-4-3-5-12(11)10-13/h1-2,6-10,20H,3-5H2. The molecule has 0 spiro atoms. The molecule has 8 heteroatoms. The van der Waals surface area contributed by atoms with Crippen LogP contribution in [-0.2, 0) is 22.9 Å². The molecule has 2 aromatic carbocycles. The summed E-state index contributed by atoms with van der Waals surface area (Å²) in [6.45, 7) is 0. The van der Waals surface area contributed by atoms with Crippen LogP contribution in [-0.4, -0.2) is 14.8 Å². The average Bonchev–Trinajstić information content (AvgIpc) is 2.95. The number of fused-ring (bicyclic) bond motifs is 1. The minimum absolute atomic E-state index is 0.0185. The molecule has 0 heterocycles. The van der Waals surface area contributed by atoms with Crippen LogP contribution < -0.4 is 9.46 Å². The van der Waals surface area contributed by atoms with E-state index in [1.54, 1.807) is 12.1 Å². The van der Waals surface area contributed by atoms with Crippen molar-refractivity contribution in [3.8, 4) is 5.75 Å². The molecule has 128 valence electrons. The van der Waals surface area contributed by atoms with E-state index in [0.717, 1.165) is 36.5 Å². The number of aryl methyl sites for hydroxylation is 2. The summed E-state index contributed by atoms with van der Waals surface area (Å²) in [6, 6.07) is 9.78. The Kier molecular flexibility index (Phi) is 4.16. The maximum atomic E-state index is 12.5. The van der Waals surface area contributed by atoms with Crippen LogP contribution in [0.4, 0.5) is 18.9 Å². The SMILES string of the molecule is O=S(=O)(Nc1ccccc1OC(F)(F)F)c1ccc2c(c1)CCC2. The number of rotatable bonds is 4. The summed E-state index contributed by atoms with van der Waals surface area (Å²) in [5.74, 6) is -0.602. The molecule has 0 fully saturated rings. The predicted octanol–water partition coefficient (Wildman–Crippen LogP) is 3.87. The first-order valence-electron chi connectivity index (χ1n) is 7.24. The summed E-state index contributed by atoms with van der Waals surface area (Å²) >= 11 is 0. The van der Waals surface area contributed by atoms with E-state index in [1.807, 2.05) is 0 Å². The number of halogens is 3. The van der Waals surface area contributed by atoms with Crippen LogP contribution in [0.2, 0.25) is 0 Å². The lowest BCUT2D eigenvalue weighted by molar-refractivity contribution is -0.274. The van der Waals surface area contributed by atoms with E-state index in [4.69, 9.17) is 0 Å². The fraction of sp³-hybridized carbons (Fsp3) is 0.250. The van der Waals surface area contributed by atoms with Crippen LogP contribution in [0.15, 0.2) is 47.4 Å². The molecule has 24 heavy (non-hydrogen) atoms. The Morgan fingerprint density at radius 1 is 1.00 bits per heavy atom. The Hall–Kier alpha value is -2.22.